The summed E-state index contributed by atoms with van der Waals surface area (Å²) in [7, 11) is 0. The Kier molecular flexibility index (Phi) is 4.26. The Balaban J connectivity index is 2.92. The van der Waals surface area contributed by atoms with Gasteiger partial charge in [-0.05, 0) is 48.3 Å². The van der Waals surface area contributed by atoms with Crippen LogP contribution in [0.3, 0.4) is 0 Å². The third kappa shape index (κ3) is 3.64. The quantitative estimate of drug-likeness (QED) is 0.479. The molecule has 2 atom stereocenters. The highest BCUT2D eigenvalue weighted by Gasteiger charge is 2.37. The van der Waals surface area contributed by atoms with Crippen LogP contribution in [-0.4, -0.2) is 0 Å². The molecular formula is C16H30. The van der Waals surface area contributed by atoms with Crippen LogP contribution in [0.25, 0.3) is 0 Å². The van der Waals surface area contributed by atoms with E-state index in [0.717, 1.165) is 11.8 Å². The van der Waals surface area contributed by atoms with Crippen LogP contribution in [0.2, 0.25) is 0 Å². The third-order valence-electron chi connectivity index (χ3n) is 4.17. The maximum absolute atomic E-state index is 2.42. The molecule has 0 aromatic carbocycles. The van der Waals surface area contributed by atoms with E-state index in [-0.39, 0.29) is 0 Å². The van der Waals surface area contributed by atoms with Crippen molar-refractivity contribution >= 4 is 0 Å². The first kappa shape index (κ1) is 13.8. The fraction of sp³-hybridized carbons (Fsp3) is 0.875. The molecule has 0 aromatic heterocycles. The summed E-state index contributed by atoms with van der Waals surface area (Å²) in [5.74, 6) is 1.72. The van der Waals surface area contributed by atoms with Crippen LogP contribution < -0.4 is 0 Å². The highest BCUT2D eigenvalue weighted by Crippen LogP contribution is 2.46. The number of hydrogen-bond donors (Lipinski definition) is 0. The molecule has 0 heterocycles. The van der Waals surface area contributed by atoms with Gasteiger partial charge in [-0.3, -0.25) is 0 Å². The molecule has 16 heavy (non-hydrogen) atoms. The van der Waals surface area contributed by atoms with Crippen molar-refractivity contribution in [1.29, 1.82) is 0 Å². The van der Waals surface area contributed by atoms with Gasteiger partial charge < -0.3 is 0 Å². The van der Waals surface area contributed by atoms with Gasteiger partial charge in [0.1, 0.15) is 0 Å². The van der Waals surface area contributed by atoms with Crippen molar-refractivity contribution in [3.8, 4) is 0 Å². The zero-order chi connectivity index (χ0) is 12.4. The molecule has 94 valence electrons. The molecule has 0 fully saturated rings. The molecule has 0 aromatic rings. The van der Waals surface area contributed by atoms with Gasteiger partial charge in [0.15, 0.2) is 0 Å². The van der Waals surface area contributed by atoms with Gasteiger partial charge in [-0.25, -0.2) is 0 Å². The predicted octanol–water partition coefficient (Wildman–Crippen LogP) is 5.44. The fourth-order valence-corrected chi connectivity index (χ4v) is 3.26. The normalized spacial score (nSPS) is 28.6. The van der Waals surface area contributed by atoms with E-state index in [4.69, 9.17) is 0 Å². The number of hydrogen-bond acceptors (Lipinski definition) is 0. The average molecular weight is 222 g/mol. The van der Waals surface area contributed by atoms with Gasteiger partial charge in [0.25, 0.3) is 0 Å². The van der Waals surface area contributed by atoms with Crippen LogP contribution in [0.1, 0.15) is 67.2 Å². The molecule has 0 amide bonds. The number of rotatable bonds is 0. The summed E-state index contributed by atoms with van der Waals surface area (Å²) in [6.07, 6.45) is 10.0. The van der Waals surface area contributed by atoms with Crippen molar-refractivity contribution in [2.45, 2.75) is 67.2 Å². The average Bonchev–Trinajstić information content (AvgIpc) is 1.96. The summed E-state index contributed by atoms with van der Waals surface area (Å²) in [5.41, 5.74) is 0.895. The summed E-state index contributed by atoms with van der Waals surface area (Å²) in [6.45, 7) is 14.5. The van der Waals surface area contributed by atoms with Crippen molar-refractivity contribution in [1.82, 2.24) is 0 Å². The largest absolute Gasteiger partial charge is 0.0885 e. The minimum atomic E-state index is 0.448. The summed E-state index contributed by atoms with van der Waals surface area (Å²) in [4.78, 5) is 0. The molecule has 1 aliphatic carbocycles. The van der Waals surface area contributed by atoms with Crippen molar-refractivity contribution in [3.63, 3.8) is 0 Å². The highest BCUT2D eigenvalue weighted by atomic mass is 14.4. The lowest BCUT2D eigenvalue weighted by atomic mass is 9.61. The fourth-order valence-electron chi connectivity index (χ4n) is 3.26. The molecule has 2 unspecified atom stereocenters. The van der Waals surface area contributed by atoms with E-state index in [1.165, 1.54) is 25.7 Å². The predicted molar refractivity (Wildman–Crippen MR) is 73.5 cm³/mol. The van der Waals surface area contributed by atoms with E-state index < -0.39 is 0 Å². The Morgan fingerprint density at radius 2 is 1.00 bits per heavy atom. The van der Waals surface area contributed by atoms with E-state index in [1.807, 2.05) is 0 Å². The third-order valence-corrected chi connectivity index (χ3v) is 4.17. The molecule has 0 radical (unpaired) electrons. The van der Waals surface area contributed by atoms with Crippen molar-refractivity contribution in [2.75, 3.05) is 0 Å². The van der Waals surface area contributed by atoms with E-state index in [1.54, 1.807) is 0 Å². The van der Waals surface area contributed by atoms with Gasteiger partial charge >= 0.3 is 0 Å². The van der Waals surface area contributed by atoms with E-state index in [0.29, 0.717) is 10.8 Å². The SMILES string of the molecule is CC(C)(C)C1CCC=CCCC1C(C)(C)C. The monoisotopic (exact) mass is 222 g/mol. The lowest BCUT2D eigenvalue weighted by Crippen LogP contribution is -2.36. The molecule has 1 aliphatic rings. The second kappa shape index (κ2) is 4.94. The molecule has 0 heteroatoms. The van der Waals surface area contributed by atoms with Crippen LogP contribution in [0.5, 0.6) is 0 Å². The summed E-state index contributed by atoms with van der Waals surface area (Å²) >= 11 is 0. The smallest absolute Gasteiger partial charge is 0.0329 e. The Bertz CT molecular complexity index is 208. The maximum Gasteiger partial charge on any atom is -0.0329 e. The minimum Gasteiger partial charge on any atom is -0.0885 e. The standard InChI is InChI=1S/C16H30/c1-15(2,3)13-11-9-7-8-10-12-14(13)16(4,5)6/h7-8,13-14H,9-12H2,1-6H3. The van der Waals surface area contributed by atoms with Crippen LogP contribution in [-0.2, 0) is 0 Å². The molecule has 0 saturated carbocycles. The summed E-state index contributed by atoms with van der Waals surface area (Å²) < 4.78 is 0. The van der Waals surface area contributed by atoms with Crippen LogP contribution in [0.15, 0.2) is 12.2 Å². The van der Waals surface area contributed by atoms with E-state index >= 15 is 0 Å². The molecule has 0 N–H and O–H groups in total. The highest BCUT2D eigenvalue weighted by molar-refractivity contribution is 4.94. The second-order valence-electron chi connectivity index (χ2n) is 7.57. The second-order valence-corrected chi connectivity index (χ2v) is 7.57. The molecule has 0 spiro atoms. The maximum atomic E-state index is 2.42. The topological polar surface area (TPSA) is 0 Å². The first-order valence-electron chi connectivity index (χ1n) is 6.88. The summed E-state index contributed by atoms with van der Waals surface area (Å²) in [5, 5.41) is 0. The van der Waals surface area contributed by atoms with Gasteiger partial charge in [-0.1, -0.05) is 53.7 Å². The molecule has 0 saturated heterocycles. The van der Waals surface area contributed by atoms with Crippen LogP contribution in [0.4, 0.5) is 0 Å². The molecule has 0 nitrogen and oxygen atoms in total. The van der Waals surface area contributed by atoms with Gasteiger partial charge in [0, 0.05) is 0 Å². The molecule has 0 bridgehead atoms. The Morgan fingerprint density at radius 3 is 1.25 bits per heavy atom. The Morgan fingerprint density at radius 1 is 0.688 bits per heavy atom. The number of allylic oxidation sites excluding steroid dienone is 2. The van der Waals surface area contributed by atoms with E-state index in [9.17, 15) is 0 Å². The summed E-state index contributed by atoms with van der Waals surface area (Å²) in [6, 6.07) is 0. The minimum absolute atomic E-state index is 0.448. The first-order valence-corrected chi connectivity index (χ1v) is 6.88. The van der Waals surface area contributed by atoms with Gasteiger partial charge in [0.05, 0.1) is 0 Å². The van der Waals surface area contributed by atoms with Gasteiger partial charge in [-0.2, -0.15) is 0 Å². The molecule has 0 aliphatic heterocycles. The van der Waals surface area contributed by atoms with Crippen molar-refractivity contribution < 1.29 is 0 Å². The van der Waals surface area contributed by atoms with E-state index in [2.05, 4.69) is 53.7 Å². The van der Waals surface area contributed by atoms with Crippen LogP contribution in [0, 0.1) is 22.7 Å². The Labute approximate surface area is 103 Å². The van der Waals surface area contributed by atoms with Crippen molar-refractivity contribution in [3.05, 3.63) is 12.2 Å². The van der Waals surface area contributed by atoms with Crippen molar-refractivity contribution in [2.24, 2.45) is 22.7 Å². The zero-order valence-corrected chi connectivity index (χ0v) is 12.1. The lowest BCUT2D eigenvalue weighted by Gasteiger charge is -2.44. The molecule has 1 rings (SSSR count). The van der Waals surface area contributed by atoms with Gasteiger partial charge in [-0.15, -0.1) is 0 Å². The van der Waals surface area contributed by atoms with Crippen LogP contribution >= 0.6 is 0 Å². The lowest BCUT2D eigenvalue weighted by molar-refractivity contribution is 0.0573. The van der Waals surface area contributed by atoms with Gasteiger partial charge in [0.2, 0.25) is 0 Å². The Hall–Kier alpha value is -0.260. The molecular weight excluding hydrogens is 192 g/mol. The zero-order valence-electron chi connectivity index (χ0n) is 12.1. The first-order chi connectivity index (χ1) is 7.23.